The van der Waals surface area contributed by atoms with Crippen LogP contribution >= 0.6 is 11.3 Å². The predicted molar refractivity (Wildman–Crippen MR) is 89.2 cm³/mol. The van der Waals surface area contributed by atoms with E-state index in [0.29, 0.717) is 18.3 Å². The average molecular weight is 335 g/mol. The normalized spacial score (nSPS) is 17.0. The Kier molecular flexibility index (Phi) is 4.92. The van der Waals surface area contributed by atoms with Gasteiger partial charge in [-0.3, -0.25) is 0 Å². The number of aryl methyl sites for hydroxylation is 1. The minimum absolute atomic E-state index is 0.0150. The quantitative estimate of drug-likeness (QED) is 0.824. The molecule has 124 valence electrons. The summed E-state index contributed by atoms with van der Waals surface area (Å²) in [5.41, 5.74) is 0.898. The van der Waals surface area contributed by atoms with Gasteiger partial charge < -0.3 is 10.1 Å². The van der Waals surface area contributed by atoms with Crippen molar-refractivity contribution in [2.45, 2.75) is 45.7 Å². The molecule has 1 aliphatic rings. The number of nitrogens with zero attached hydrogens (tertiary/aromatic N) is 2. The van der Waals surface area contributed by atoms with Crippen LogP contribution in [-0.2, 0) is 0 Å². The molecule has 6 heteroatoms. The second kappa shape index (κ2) is 6.93. The monoisotopic (exact) mass is 335 g/mol. The van der Waals surface area contributed by atoms with Crippen molar-refractivity contribution in [1.82, 2.24) is 15.5 Å². The fraction of sp³-hybridized carbons (Fsp3) is 0.529. The van der Waals surface area contributed by atoms with Crippen LogP contribution < -0.4 is 10.1 Å². The Labute approximate surface area is 140 Å². The highest BCUT2D eigenvalue weighted by Crippen LogP contribution is 2.31. The van der Waals surface area contributed by atoms with Crippen LogP contribution in [0.3, 0.4) is 0 Å². The molecule has 2 aromatic rings. The number of nitrogens with one attached hydrogen (secondary N) is 1. The third-order valence-electron chi connectivity index (χ3n) is 4.04. The SMILES string of the molecule is Cc1nnc([C@@H](C)N[C@H](C)c2ccc(OCC3CC3)c(F)c2)s1. The molecular formula is C17H22FN3OS. The van der Waals surface area contributed by atoms with E-state index >= 15 is 0 Å². The molecule has 4 nitrogen and oxygen atoms in total. The zero-order valence-corrected chi connectivity index (χ0v) is 14.5. The lowest BCUT2D eigenvalue weighted by Gasteiger charge is -2.19. The first-order chi connectivity index (χ1) is 11.0. The highest BCUT2D eigenvalue weighted by atomic mass is 32.1. The second-order valence-electron chi connectivity index (χ2n) is 6.21. The van der Waals surface area contributed by atoms with Gasteiger partial charge >= 0.3 is 0 Å². The summed E-state index contributed by atoms with van der Waals surface area (Å²) in [5.74, 6) is 0.669. The van der Waals surface area contributed by atoms with Crippen molar-refractivity contribution in [1.29, 1.82) is 0 Å². The maximum absolute atomic E-state index is 14.2. The summed E-state index contributed by atoms with van der Waals surface area (Å²) in [7, 11) is 0. The van der Waals surface area contributed by atoms with Gasteiger partial charge in [0.1, 0.15) is 10.0 Å². The topological polar surface area (TPSA) is 47.0 Å². The van der Waals surface area contributed by atoms with Gasteiger partial charge in [-0.2, -0.15) is 0 Å². The van der Waals surface area contributed by atoms with Crippen LogP contribution in [0.5, 0.6) is 5.75 Å². The minimum atomic E-state index is -0.295. The van der Waals surface area contributed by atoms with Crippen LogP contribution in [-0.4, -0.2) is 16.8 Å². The summed E-state index contributed by atoms with van der Waals surface area (Å²) >= 11 is 1.57. The lowest BCUT2D eigenvalue weighted by Crippen LogP contribution is -2.22. The van der Waals surface area contributed by atoms with E-state index in [9.17, 15) is 4.39 Å². The van der Waals surface area contributed by atoms with Crippen molar-refractivity contribution in [3.05, 3.63) is 39.6 Å². The molecular weight excluding hydrogens is 313 g/mol. The molecule has 0 bridgehead atoms. The summed E-state index contributed by atoms with van der Waals surface area (Å²) in [5, 5.41) is 13.5. The Morgan fingerprint density at radius 2 is 2.09 bits per heavy atom. The number of hydrogen-bond acceptors (Lipinski definition) is 5. The molecule has 0 amide bonds. The van der Waals surface area contributed by atoms with E-state index < -0.39 is 0 Å². The van der Waals surface area contributed by atoms with E-state index in [1.165, 1.54) is 12.8 Å². The molecule has 1 aliphatic carbocycles. The van der Waals surface area contributed by atoms with Gasteiger partial charge in [-0.15, -0.1) is 21.5 Å². The summed E-state index contributed by atoms with van der Waals surface area (Å²) < 4.78 is 19.7. The molecule has 1 N–H and O–H groups in total. The fourth-order valence-electron chi connectivity index (χ4n) is 2.42. The molecule has 0 spiro atoms. The first-order valence-corrected chi connectivity index (χ1v) is 8.83. The molecule has 1 aromatic carbocycles. The van der Waals surface area contributed by atoms with Crippen LogP contribution in [0.4, 0.5) is 4.39 Å². The molecule has 0 saturated heterocycles. The second-order valence-corrected chi connectivity index (χ2v) is 7.43. The number of aromatic nitrogens is 2. The van der Waals surface area contributed by atoms with Gasteiger partial charge in [-0.25, -0.2) is 4.39 Å². The summed E-state index contributed by atoms with van der Waals surface area (Å²) in [6, 6.07) is 5.29. The maximum atomic E-state index is 14.2. The van der Waals surface area contributed by atoms with Gasteiger partial charge in [-0.05, 0) is 57.2 Å². The zero-order valence-electron chi connectivity index (χ0n) is 13.7. The van der Waals surface area contributed by atoms with E-state index in [-0.39, 0.29) is 17.9 Å². The van der Waals surface area contributed by atoms with Crippen molar-refractivity contribution < 1.29 is 9.13 Å². The number of halogens is 1. The van der Waals surface area contributed by atoms with E-state index in [2.05, 4.69) is 15.5 Å². The van der Waals surface area contributed by atoms with Crippen molar-refractivity contribution >= 4 is 11.3 Å². The molecule has 0 unspecified atom stereocenters. The predicted octanol–water partition coefficient (Wildman–Crippen LogP) is 4.19. The summed E-state index contributed by atoms with van der Waals surface area (Å²) in [6.45, 7) is 6.62. The van der Waals surface area contributed by atoms with Gasteiger partial charge in [0.05, 0.1) is 12.6 Å². The van der Waals surface area contributed by atoms with Gasteiger partial charge in [-0.1, -0.05) is 6.07 Å². The highest BCUT2D eigenvalue weighted by molar-refractivity contribution is 7.11. The molecule has 0 aliphatic heterocycles. The van der Waals surface area contributed by atoms with Crippen LogP contribution in [0.15, 0.2) is 18.2 Å². The van der Waals surface area contributed by atoms with Gasteiger partial charge in [0.25, 0.3) is 0 Å². The van der Waals surface area contributed by atoms with Crippen LogP contribution in [0.25, 0.3) is 0 Å². The number of benzene rings is 1. The van der Waals surface area contributed by atoms with E-state index in [0.717, 1.165) is 15.6 Å². The highest BCUT2D eigenvalue weighted by Gasteiger charge is 2.22. The number of rotatable bonds is 7. The minimum Gasteiger partial charge on any atom is -0.490 e. The summed E-state index contributed by atoms with van der Waals surface area (Å²) in [6.07, 6.45) is 2.40. The third kappa shape index (κ3) is 4.26. The van der Waals surface area contributed by atoms with Gasteiger partial charge in [0.15, 0.2) is 11.6 Å². The van der Waals surface area contributed by atoms with E-state index in [1.54, 1.807) is 23.5 Å². The van der Waals surface area contributed by atoms with E-state index in [4.69, 9.17) is 4.74 Å². The maximum Gasteiger partial charge on any atom is 0.165 e. The van der Waals surface area contributed by atoms with Crippen molar-refractivity contribution in [2.75, 3.05) is 6.61 Å². The Morgan fingerprint density at radius 1 is 1.30 bits per heavy atom. The first kappa shape index (κ1) is 16.3. The largest absolute Gasteiger partial charge is 0.490 e. The lowest BCUT2D eigenvalue weighted by molar-refractivity contribution is 0.285. The average Bonchev–Trinajstić information content (AvgIpc) is 3.25. The number of ether oxygens (including phenoxy) is 1. The molecule has 1 heterocycles. The van der Waals surface area contributed by atoms with Crippen molar-refractivity contribution in [2.24, 2.45) is 5.92 Å². The Balaban J connectivity index is 1.61. The van der Waals surface area contributed by atoms with Crippen LogP contribution in [0.2, 0.25) is 0 Å². The standard InChI is InChI=1S/C17H22FN3OS/c1-10(19-11(2)17-21-20-12(3)23-17)14-6-7-16(15(18)8-14)22-9-13-4-5-13/h6-8,10-11,13,19H,4-5,9H2,1-3H3/t10-,11-/m1/s1. The molecule has 1 saturated carbocycles. The Hall–Kier alpha value is -1.53. The van der Waals surface area contributed by atoms with Crippen LogP contribution in [0.1, 0.15) is 54.4 Å². The zero-order chi connectivity index (χ0) is 16.4. The molecule has 1 aromatic heterocycles. The molecule has 2 atom stereocenters. The molecule has 0 radical (unpaired) electrons. The van der Waals surface area contributed by atoms with E-state index in [1.807, 2.05) is 26.8 Å². The first-order valence-electron chi connectivity index (χ1n) is 8.01. The fourth-order valence-corrected chi connectivity index (χ4v) is 3.14. The molecule has 3 rings (SSSR count). The van der Waals surface area contributed by atoms with Crippen molar-refractivity contribution in [3.8, 4) is 5.75 Å². The number of hydrogen-bond donors (Lipinski definition) is 1. The van der Waals surface area contributed by atoms with Gasteiger partial charge in [0.2, 0.25) is 0 Å². The van der Waals surface area contributed by atoms with Gasteiger partial charge in [0, 0.05) is 6.04 Å². The van der Waals surface area contributed by atoms with Crippen molar-refractivity contribution in [3.63, 3.8) is 0 Å². The summed E-state index contributed by atoms with van der Waals surface area (Å²) in [4.78, 5) is 0. The molecule has 23 heavy (non-hydrogen) atoms. The lowest BCUT2D eigenvalue weighted by atomic mass is 10.1. The molecule has 1 fully saturated rings. The third-order valence-corrected chi connectivity index (χ3v) is 5.06. The van der Waals surface area contributed by atoms with Crippen LogP contribution in [0, 0.1) is 18.7 Å². The Bertz CT molecular complexity index is 672. The Morgan fingerprint density at radius 3 is 2.70 bits per heavy atom. The smallest absolute Gasteiger partial charge is 0.165 e.